The molecule has 0 spiro atoms. The summed E-state index contributed by atoms with van der Waals surface area (Å²) in [7, 11) is 0. The van der Waals surface area contributed by atoms with E-state index in [0.717, 1.165) is 16.6 Å². The summed E-state index contributed by atoms with van der Waals surface area (Å²) in [6, 6.07) is 15.4. The molecular formula is C15H13N3O. The molecule has 0 aliphatic carbocycles. The van der Waals surface area contributed by atoms with Gasteiger partial charge in [0.05, 0.1) is 0 Å². The molecular weight excluding hydrogens is 238 g/mol. The van der Waals surface area contributed by atoms with Crippen LogP contribution in [0.25, 0.3) is 11.0 Å². The van der Waals surface area contributed by atoms with Crippen molar-refractivity contribution in [2.24, 2.45) is 0 Å². The van der Waals surface area contributed by atoms with Crippen molar-refractivity contribution in [1.82, 2.24) is 15.3 Å². The zero-order valence-electron chi connectivity index (χ0n) is 10.3. The third kappa shape index (κ3) is 2.47. The second-order valence-electron chi connectivity index (χ2n) is 4.29. The maximum absolute atomic E-state index is 12.0. The number of carbonyl (C=O) groups excluding carboxylic acids is 1. The van der Waals surface area contributed by atoms with Crippen LogP contribution in [0.5, 0.6) is 0 Å². The molecule has 1 amide bonds. The summed E-state index contributed by atoms with van der Waals surface area (Å²) < 4.78 is 0. The molecule has 0 fully saturated rings. The number of amides is 1. The number of benzene rings is 1. The molecule has 0 radical (unpaired) electrons. The Morgan fingerprint density at radius 2 is 2.00 bits per heavy atom. The van der Waals surface area contributed by atoms with Crippen molar-refractivity contribution in [3.05, 3.63) is 66.0 Å². The number of aromatic nitrogens is 2. The molecule has 3 rings (SSSR count). The lowest BCUT2D eigenvalue weighted by molar-refractivity contribution is 0.0946. The van der Waals surface area contributed by atoms with E-state index in [1.165, 1.54) is 0 Å². The molecule has 0 unspecified atom stereocenters. The second kappa shape index (κ2) is 4.94. The van der Waals surface area contributed by atoms with Crippen molar-refractivity contribution in [3.8, 4) is 0 Å². The quantitative estimate of drug-likeness (QED) is 0.751. The van der Waals surface area contributed by atoms with Gasteiger partial charge < -0.3 is 10.3 Å². The van der Waals surface area contributed by atoms with Crippen LogP contribution in [0.2, 0.25) is 0 Å². The van der Waals surface area contributed by atoms with Crippen LogP contribution in [0.4, 0.5) is 0 Å². The average molecular weight is 251 g/mol. The van der Waals surface area contributed by atoms with Gasteiger partial charge in [-0.15, -0.1) is 0 Å². The van der Waals surface area contributed by atoms with Crippen LogP contribution in [0.1, 0.15) is 16.1 Å². The van der Waals surface area contributed by atoms with Gasteiger partial charge in [-0.2, -0.15) is 0 Å². The van der Waals surface area contributed by atoms with Crippen molar-refractivity contribution in [2.75, 3.05) is 0 Å². The molecule has 2 N–H and O–H groups in total. The Bertz CT molecular complexity index is 670. The van der Waals surface area contributed by atoms with Crippen molar-refractivity contribution in [1.29, 1.82) is 0 Å². The fourth-order valence-corrected chi connectivity index (χ4v) is 1.95. The van der Waals surface area contributed by atoms with Crippen molar-refractivity contribution in [3.63, 3.8) is 0 Å². The van der Waals surface area contributed by atoms with Gasteiger partial charge >= 0.3 is 0 Å². The van der Waals surface area contributed by atoms with E-state index in [0.29, 0.717) is 12.2 Å². The zero-order valence-corrected chi connectivity index (χ0v) is 10.3. The van der Waals surface area contributed by atoms with Gasteiger partial charge in [0.25, 0.3) is 5.91 Å². The van der Waals surface area contributed by atoms with Crippen LogP contribution < -0.4 is 5.32 Å². The van der Waals surface area contributed by atoms with E-state index in [9.17, 15) is 4.79 Å². The Balaban J connectivity index is 1.73. The maximum Gasteiger partial charge on any atom is 0.268 e. The van der Waals surface area contributed by atoms with Gasteiger partial charge in [-0.05, 0) is 23.8 Å². The number of rotatable bonds is 3. The highest BCUT2D eigenvalue weighted by Crippen LogP contribution is 2.12. The number of nitrogens with one attached hydrogen (secondary N) is 2. The summed E-state index contributed by atoms with van der Waals surface area (Å²) in [4.78, 5) is 19.2. The van der Waals surface area contributed by atoms with Crippen LogP contribution in [0.3, 0.4) is 0 Å². The molecule has 0 bridgehead atoms. The van der Waals surface area contributed by atoms with Gasteiger partial charge in [0.1, 0.15) is 11.3 Å². The molecule has 0 saturated carbocycles. The number of pyridine rings is 1. The normalized spacial score (nSPS) is 10.5. The molecule has 2 aromatic heterocycles. The van der Waals surface area contributed by atoms with E-state index in [4.69, 9.17) is 0 Å². The minimum Gasteiger partial charge on any atom is -0.347 e. The molecule has 1 aromatic carbocycles. The monoisotopic (exact) mass is 251 g/mol. The minimum atomic E-state index is -0.123. The summed E-state index contributed by atoms with van der Waals surface area (Å²) in [5.41, 5.74) is 2.34. The molecule has 4 nitrogen and oxygen atoms in total. The van der Waals surface area contributed by atoms with Crippen LogP contribution in [0.15, 0.2) is 54.7 Å². The Morgan fingerprint density at radius 3 is 2.79 bits per heavy atom. The molecule has 0 aliphatic rings. The van der Waals surface area contributed by atoms with Crippen LogP contribution in [0, 0.1) is 0 Å². The van der Waals surface area contributed by atoms with Gasteiger partial charge in [0.2, 0.25) is 0 Å². The van der Waals surface area contributed by atoms with E-state index < -0.39 is 0 Å². The molecule has 19 heavy (non-hydrogen) atoms. The van der Waals surface area contributed by atoms with E-state index in [2.05, 4.69) is 15.3 Å². The smallest absolute Gasteiger partial charge is 0.268 e. The molecule has 94 valence electrons. The number of aromatic amines is 1. The lowest BCUT2D eigenvalue weighted by atomic mass is 10.2. The van der Waals surface area contributed by atoms with Gasteiger partial charge in [-0.25, -0.2) is 4.98 Å². The van der Waals surface area contributed by atoms with Crippen LogP contribution in [-0.4, -0.2) is 15.9 Å². The molecule has 0 saturated heterocycles. The van der Waals surface area contributed by atoms with Crippen molar-refractivity contribution in [2.45, 2.75) is 6.54 Å². The summed E-state index contributed by atoms with van der Waals surface area (Å²) in [5, 5.41) is 3.82. The maximum atomic E-state index is 12.0. The number of hydrogen-bond acceptors (Lipinski definition) is 2. The number of H-pyrrole nitrogens is 1. The molecule has 0 atom stereocenters. The minimum absolute atomic E-state index is 0.123. The first-order valence-electron chi connectivity index (χ1n) is 6.09. The highest BCUT2D eigenvalue weighted by atomic mass is 16.1. The number of hydrogen-bond donors (Lipinski definition) is 2. The summed E-state index contributed by atoms with van der Waals surface area (Å²) >= 11 is 0. The molecule has 4 heteroatoms. The number of fused-ring (bicyclic) bond motifs is 1. The highest BCUT2D eigenvalue weighted by Gasteiger charge is 2.09. The Labute approximate surface area is 110 Å². The van der Waals surface area contributed by atoms with Gasteiger partial charge in [0, 0.05) is 18.1 Å². The van der Waals surface area contributed by atoms with Crippen molar-refractivity contribution < 1.29 is 4.79 Å². The fourth-order valence-electron chi connectivity index (χ4n) is 1.95. The lowest BCUT2D eigenvalue weighted by Gasteiger charge is -2.03. The van der Waals surface area contributed by atoms with E-state index in [1.807, 2.05) is 48.5 Å². The SMILES string of the molecule is O=C(NCc1ccccc1)c1cc2cccnc2[nH]1. The summed E-state index contributed by atoms with van der Waals surface area (Å²) in [6.07, 6.45) is 1.70. The molecule has 2 heterocycles. The predicted octanol–water partition coefficient (Wildman–Crippen LogP) is 2.49. The highest BCUT2D eigenvalue weighted by molar-refractivity contribution is 5.97. The third-order valence-corrected chi connectivity index (χ3v) is 2.93. The first-order valence-corrected chi connectivity index (χ1v) is 6.09. The number of carbonyl (C=O) groups is 1. The van der Waals surface area contributed by atoms with Gasteiger partial charge in [0.15, 0.2) is 0 Å². The second-order valence-corrected chi connectivity index (χ2v) is 4.29. The summed E-state index contributed by atoms with van der Waals surface area (Å²) in [6.45, 7) is 0.516. The third-order valence-electron chi connectivity index (χ3n) is 2.93. The van der Waals surface area contributed by atoms with Crippen LogP contribution in [-0.2, 0) is 6.54 Å². The first-order chi connectivity index (χ1) is 9.33. The van der Waals surface area contributed by atoms with Gasteiger partial charge in [-0.1, -0.05) is 30.3 Å². The topological polar surface area (TPSA) is 57.8 Å². The Hall–Kier alpha value is -2.62. The van der Waals surface area contributed by atoms with Crippen LogP contribution >= 0.6 is 0 Å². The first kappa shape index (κ1) is 11.5. The van der Waals surface area contributed by atoms with E-state index in [-0.39, 0.29) is 5.91 Å². The fraction of sp³-hybridized carbons (Fsp3) is 0.0667. The van der Waals surface area contributed by atoms with E-state index >= 15 is 0 Å². The standard InChI is InChI=1S/C15H13N3O/c19-15(17-10-11-5-2-1-3-6-11)13-9-12-7-4-8-16-14(12)18-13/h1-9H,10H2,(H,16,18)(H,17,19). The van der Waals surface area contributed by atoms with E-state index in [1.54, 1.807) is 6.20 Å². The Morgan fingerprint density at radius 1 is 1.16 bits per heavy atom. The zero-order chi connectivity index (χ0) is 13.1. The molecule has 3 aromatic rings. The van der Waals surface area contributed by atoms with Crippen molar-refractivity contribution >= 4 is 16.9 Å². The predicted molar refractivity (Wildman–Crippen MR) is 73.7 cm³/mol. The average Bonchev–Trinajstić information content (AvgIpc) is 2.90. The number of nitrogens with zero attached hydrogens (tertiary/aromatic N) is 1. The lowest BCUT2D eigenvalue weighted by Crippen LogP contribution is -2.22. The molecule has 0 aliphatic heterocycles. The summed E-state index contributed by atoms with van der Waals surface area (Å²) in [5.74, 6) is -0.123. The Kier molecular flexibility index (Phi) is 2.98. The largest absolute Gasteiger partial charge is 0.347 e. The van der Waals surface area contributed by atoms with Gasteiger partial charge in [-0.3, -0.25) is 4.79 Å².